The van der Waals surface area contributed by atoms with Crippen molar-refractivity contribution in [1.29, 1.82) is 5.41 Å². The molecule has 0 radical (unpaired) electrons. The monoisotopic (exact) mass is 606 g/mol. The van der Waals surface area contributed by atoms with E-state index in [0.717, 1.165) is 36.5 Å². The molecule has 0 unspecified atom stereocenters. The third kappa shape index (κ3) is 8.88. The number of ketones is 1. The third-order valence-electron chi connectivity index (χ3n) is 7.53. The van der Waals surface area contributed by atoms with Gasteiger partial charge in [-0.2, -0.15) is 4.72 Å². The van der Waals surface area contributed by atoms with Gasteiger partial charge < -0.3 is 20.9 Å². The summed E-state index contributed by atoms with van der Waals surface area (Å²) in [7, 11) is -4.14. The van der Waals surface area contributed by atoms with E-state index in [2.05, 4.69) is 10.0 Å². The Hall–Kier alpha value is -3.22. The van der Waals surface area contributed by atoms with Crippen LogP contribution in [-0.2, 0) is 24.4 Å². The van der Waals surface area contributed by atoms with E-state index < -0.39 is 27.9 Å². The molecule has 1 saturated heterocycles. The van der Waals surface area contributed by atoms with Crippen LogP contribution in [-0.4, -0.2) is 80.0 Å². The summed E-state index contributed by atoms with van der Waals surface area (Å²) < 4.78 is 29.4. The molecular weight excluding hydrogens is 568 g/mol. The second-order valence-corrected chi connectivity index (χ2v) is 12.4. The molecule has 4 rings (SSSR count). The van der Waals surface area contributed by atoms with Crippen molar-refractivity contribution >= 4 is 56.8 Å². The minimum Gasteiger partial charge on any atom is -0.370 e. The summed E-state index contributed by atoms with van der Waals surface area (Å²) in [5.41, 5.74) is 5.55. The minimum absolute atomic E-state index is 0. The van der Waals surface area contributed by atoms with Crippen LogP contribution in [0.4, 0.5) is 0 Å². The van der Waals surface area contributed by atoms with E-state index in [-0.39, 0.29) is 60.4 Å². The quantitative estimate of drug-likeness (QED) is 0.212. The van der Waals surface area contributed by atoms with Crippen molar-refractivity contribution < 1.29 is 22.8 Å². The summed E-state index contributed by atoms with van der Waals surface area (Å²) in [5.74, 6) is -0.775. The number of sulfonamides is 1. The van der Waals surface area contributed by atoms with Crippen LogP contribution in [0.1, 0.15) is 45.4 Å². The van der Waals surface area contributed by atoms with Crippen LogP contribution in [0.25, 0.3) is 10.8 Å². The molecule has 11 nitrogen and oxygen atoms in total. The highest BCUT2D eigenvalue weighted by Gasteiger charge is 2.38. The van der Waals surface area contributed by atoms with Crippen LogP contribution < -0.4 is 15.8 Å². The lowest BCUT2D eigenvalue weighted by Crippen LogP contribution is -2.52. The predicted octanol–water partition coefficient (Wildman–Crippen LogP) is 1.99. The lowest BCUT2D eigenvalue weighted by Gasteiger charge is -2.32. The van der Waals surface area contributed by atoms with Crippen molar-refractivity contribution in [2.45, 2.75) is 62.4 Å². The van der Waals surface area contributed by atoms with Gasteiger partial charge in [0.1, 0.15) is 11.8 Å². The number of rotatable bonds is 12. The lowest BCUT2D eigenvalue weighted by molar-refractivity contribution is -0.136. The molecule has 1 aliphatic heterocycles. The first kappa shape index (κ1) is 32.3. The number of hydrogen-bond acceptors (Lipinski definition) is 6. The zero-order valence-electron chi connectivity index (χ0n) is 23.2. The van der Waals surface area contributed by atoms with Crippen molar-refractivity contribution in [2.24, 2.45) is 11.7 Å². The van der Waals surface area contributed by atoms with E-state index in [0.29, 0.717) is 19.6 Å². The van der Waals surface area contributed by atoms with Gasteiger partial charge in [0.2, 0.25) is 21.8 Å². The number of nitrogens with one attached hydrogen (secondary N) is 3. The molecule has 1 heterocycles. The number of carbonyl (C=O) groups excluding carboxylic acids is 3. The first-order valence-electron chi connectivity index (χ1n) is 13.7. The number of fused-ring (bicyclic) bond motifs is 1. The average molecular weight is 607 g/mol. The van der Waals surface area contributed by atoms with Crippen molar-refractivity contribution in [3.63, 3.8) is 0 Å². The molecule has 1 atom stereocenters. The number of guanidine groups is 1. The molecule has 2 fully saturated rings. The Bertz CT molecular complexity index is 1380. The summed E-state index contributed by atoms with van der Waals surface area (Å²) in [5, 5.41) is 12.0. The van der Waals surface area contributed by atoms with Crippen molar-refractivity contribution in [2.75, 3.05) is 26.2 Å². The number of hydrogen-bond donors (Lipinski definition) is 4. The molecule has 0 spiro atoms. The van der Waals surface area contributed by atoms with Crippen LogP contribution in [0.3, 0.4) is 0 Å². The molecule has 2 aromatic carbocycles. The number of halogens is 1. The molecule has 2 aromatic rings. The number of Topliss-reactive ketones (excluding diaryl/α,β-unsaturated/α-hetero) is 1. The maximum atomic E-state index is 13.7. The van der Waals surface area contributed by atoms with Crippen molar-refractivity contribution in [3.8, 4) is 0 Å². The van der Waals surface area contributed by atoms with Gasteiger partial charge in [-0.1, -0.05) is 30.3 Å². The van der Waals surface area contributed by atoms with Gasteiger partial charge in [0.05, 0.1) is 11.3 Å². The van der Waals surface area contributed by atoms with E-state index in [1.807, 2.05) is 24.3 Å². The van der Waals surface area contributed by atoms with Gasteiger partial charge in [-0.15, -0.1) is 12.4 Å². The highest BCUT2D eigenvalue weighted by atomic mass is 35.5. The molecular formula is C28H39ClN6O5S. The zero-order valence-corrected chi connectivity index (χ0v) is 24.8. The maximum Gasteiger partial charge on any atom is 0.241 e. The number of benzene rings is 2. The Labute approximate surface area is 247 Å². The fourth-order valence-corrected chi connectivity index (χ4v) is 6.22. The fraction of sp³-hybridized carbons (Fsp3) is 0.500. The molecule has 13 heteroatoms. The highest BCUT2D eigenvalue weighted by molar-refractivity contribution is 7.89. The summed E-state index contributed by atoms with van der Waals surface area (Å²) in [4.78, 5) is 41.6. The Kier molecular flexibility index (Phi) is 11.1. The van der Waals surface area contributed by atoms with Crippen molar-refractivity contribution in [1.82, 2.24) is 19.8 Å². The average Bonchev–Trinajstić information content (AvgIpc) is 3.76. The smallest absolute Gasteiger partial charge is 0.241 e. The van der Waals surface area contributed by atoms with Gasteiger partial charge in [0, 0.05) is 38.6 Å². The van der Waals surface area contributed by atoms with Crippen LogP contribution in [0, 0.1) is 11.3 Å². The number of carbonyl (C=O) groups is 3. The summed E-state index contributed by atoms with van der Waals surface area (Å²) in [6, 6.07) is 10.7. The van der Waals surface area contributed by atoms with E-state index in [9.17, 15) is 22.8 Å². The van der Waals surface area contributed by atoms with Gasteiger partial charge in [0.25, 0.3) is 0 Å². The Balaban J connectivity index is 0.00000462. The first-order chi connectivity index (χ1) is 19.0. The Morgan fingerprint density at radius 3 is 2.34 bits per heavy atom. The molecule has 41 heavy (non-hydrogen) atoms. The maximum absolute atomic E-state index is 13.7. The molecule has 5 N–H and O–H groups in total. The second kappa shape index (κ2) is 14.1. The standard InChI is InChI=1S/C28H38N6O5S.ClH/c1-19(35)10-15-34(23-7-8-23)27(37)25(17-26(36)31-18-20-11-13-33(14-12-20)28(29)30)32-40(38,39)24-9-6-21-4-2-3-5-22(21)16-24;/h2-6,9,16,20,23,25,32H,7-8,10-15,17-18H2,1H3,(H3,29,30)(H,31,36);1H/t25-;/m0./s1. The van der Waals surface area contributed by atoms with Gasteiger partial charge in [-0.3, -0.25) is 19.8 Å². The number of nitrogens with two attached hydrogens (primary N) is 1. The molecule has 1 aliphatic carbocycles. The molecule has 0 aromatic heterocycles. The lowest BCUT2D eigenvalue weighted by atomic mass is 9.97. The molecule has 0 bridgehead atoms. The summed E-state index contributed by atoms with van der Waals surface area (Å²) in [6.45, 7) is 3.29. The predicted molar refractivity (Wildman–Crippen MR) is 159 cm³/mol. The molecule has 2 amide bonds. The van der Waals surface area contributed by atoms with Gasteiger partial charge in [-0.25, -0.2) is 8.42 Å². The zero-order chi connectivity index (χ0) is 28.9. The van der Waals surface area contributed by atoms with E-state index in [1.165, 1.54) is 13.0 Å². The SMILES string of the molecule is CC(=O)CCN(C(=O)[C@H](CC(=O)NCC1CCN(C(=N)N)CC1)NS(=O)(=O)c1ccc2ccccc2c1)C1CC1.Cl. The van der Waals surface area contributed by atoms with Gasteiger partial charge in [-0.05, 0) is 61.4 Å². The highest BCUT2D eigenvalue weighted by Crippen LogP contribution is 2.28. The Morgan fingerprint density at radius 1 is 1.07 bits per heavy atom. The van der Waals surface area contributed by atoms with Crippen molar-refractivity contribution in [3.05, 3.63) is 42.5 Å². The number of amides is 2. The van der Waals surface area contributed by atoms with Gasteiger partial charge in [0.15, 0.2) is 5.96 Å². The van der Waals surface area contributed by atoms with Crippen LogP contribution in [0.15, 0.2) is 47.4 Å². The normalized spacial score (nSPS) is 16.5. The van der Waals surface area contributed by atoms with Crippen LogP contribution in [0.5, 0.6) is 0 Å². The molecule has 2 aliphatic rings. The first-order valence-corrected chi connectivity index (χ1v) is 15.2. The third-order valence-corrected chi connectivity index (χ3v) is 9.00. The second-order valence-electron chi connectivity index (χ2n) is 10.7. The fourth-order valence-electron chi connectivity index (χ4n) is 5.00. The van der Waals surface area contributed by atoms with Crippen LogP contribution >= 0.6 is 12.4 Å². The number of likely N-dealkylation sites (tertiary alicyclic amines) is 1. The summed E-state index contributed by atoms with van der Waals surface area (Å²) >= 11 is 0. The van der Waals surface area contributed by atoms with E-state index in [1.54, 1.807) is 21.9 Å². The van der Waals surface area contributed by atoms with E-state index >= 15 is 0 Å². The number of piperidine rings is 1. The van der Waals surface area contributed by atoms with Gasteiger partial charge >= 0.3 is 0 Å². The Morgan fingerprint density at radius 2 is 1.73 bits per heavy atom. The van der Waals surface area contributed by atoms with E-state index in [4.69, 9.17) is 11.1 Å². The topological polar surface area (TPSA) is 166 Å². The van der Waals surface area contributed by atoms with Crippen LogP contribution in [0.2, 0.25) is 0 Å². The summed E-state index contributed by atoms with van der Waals surface area (Å²) in [6.07, 6.45) is 2.88. The molecule has 1 saturated carbocycles. The largest absolute Gasteiger partial charge is 0.370 e. The number of nitrogens with zero attached hydrogens (tertiary/aromatic N) is 2. The minimum atomic E-state index is -4.14. The molecule has 224 valence electrons.